The number of H-pyrrole nitrogens is 1. The average molecular weight is 307 g/mol. The van der Waals surface area contributed by atoms with Crippen molar-refractivity contribution >= 4 is 29.3 Å². The van der Waals surface area contributed by atoms with Crippen LogP contribution in [0.15, 0.2) is 41.5 Å². The van der Waals surface area contributed by atoms with Crippen LogP contribution in [0.1, 0.15) is 0 Å². The lowest BCUT2D eigenvalue weighted by molar-refractivity contribution is -0.133. The van der Waals surface area contributed by atoms with Gasteiger partial charge in [0.2, 0.25) is 5.91 Å². The molecule has 0 bridgehead atoms. The third-order valence-electron chi connectivity index (χ3n) is 2.54. The van der Waals surface area contributed by atoms with E-state index in [1.54, 1.807) is 30.5 Å². The van der Waals surface area contributed by atoms with E-state index in [0.717, 1.165) is 11.8 Å². The summed E-state index contributed by atoms with van der Waals surface area (Å²) in [5.74, 6) is -1.25. The highest BCUT2D eigenvalue weighted by Gasteiger charge is 2.05. The van der Waals surface area contributed by atoms with Crippen LogP contribution < -0.4 is 11.0 Å². The van der Waals surface area contributed by atoms with Gasteiger partial charge in [0.05, 0.1) is 17.2 Å². The molecule has 110 valence electrons. The molecular formula is C13H13N3O4S. The van der Waals surface area contributed by atoms with Gasteiger partial charge in [0, 0.05) is 18.1 Å². The van der Waals surface area contributed by atoms with Gasteiger partial charge in [-0.15, -0.1) is 11.8 Å². The summed E-state index contributed by atoms with van der Waals surface area (Å²) in [7, 11) is 0. The second kappa shape index (κ2) is 6.80. The molecule has 0 atom stereocenters. The number of rotatable bonds is 6. The number of thioether (sulfide) groups is 1. The maximum Gasteiger partial charge on any atom is 0.330 e. The van der Waals surface area contributed by atoms with E-state index in [2.05, 4.69) is 10.3 Å². The van der Waals surface area contributed by atoms with Gasteiger partial charge < -0.3 is 15.4 Å². The number of carbonyl (C=O) groups is 2. The first kappa shape index (κ1) is 14.9. The number of aromatic amines is 1. The molecular weight excluding hydrogens is 294 g/mol. The SMILES string of the molecule is O=C(O)CSCC(=O)Nc1ccc(-n2cc[nH]c2=O)cc1. The minimum Gasteiger partial charge on any atom is -0.481 e. The summed E-state index contributed by atoms with van der Waals surface area (Å²) in [5.41, 5.74) is 1.03. The summed E-state index contributed by atoms with van der Waals surface area (Å²) in [4.78, 5) is 35.9. The molecule has 0 spiro atoms. The standard InChI is InChI=1S/C13H13N3O4S/c17-11(7-21-8-12(18)19)15-9-1-3-10(4-2-9)16-6-5-14-13(16)20/h1-6H,7-8H2,(H,14,20)(H,15,17)(H,18,19). The number of aromatic nitrogens is 2. The van der Waals surface area contributed by atoms with E-state index in [-0.39, 0.29) is 23.1 Å². The fraction of sp³-hybridized carbons (Fsp3) is 0.154. The smallest absolute Gasteiger partial charge is 0.330 e. The van der Waals surface area contributed by atoms with Gasteiger partial charge in [0.15, 0.2) is 0 Å². The zero-order chi connectivity index (χ0) is 15.2. The molecule has 0 aliphatic carbocycles. The molecule has 1 amide bonds. The van der Waals surface area contributed by atoms with Gasteiger partial charge >= 0.3 is 11.7 Å². The zero-order valence-electron chi connectivity index (χ0n) is 10.9. The Morgan fingerprint density at radius 2 is 1.95 bits per heavy atom. The van der Waals surface area contributed by atoms with Crippen molar-refractivity contribution < 1.29 is 14.7 Å². The number of imidazole rings is 1. The van der Waals surface area contributed by atoms with Crippen LogP contribution in [-0.2, 0) is 9.59 Å². The van der Waals surface area contributed by atoms with Crippen LogP contribution in [0.5, 0.6) is 0 Å². The van der Waals surface area contributed by atoms with Crippen LogP contribution >= 0.6 is 11.8 Å². The minimum atomic E-state index is -0.950. The largest absolute Gasteiger partial charge is 0.481 e. The summed E-state index contributed by atoms with van der Waals surface area (Å²) in [6, 6.07) is 6.76. The average Bonchev–Trinajstić information content (AvgIpc) is 2.85. The topological polar surface area (TPSA) is 104 Å². The molecule has 1 aromatic carbocycles. The molecule has 3 N–H and O–H groups in total. The Morgan fingerprint density at radius 1 is 1.24 bits per heavy atom. The summed E-state index contributed by atoms with van der Waals surface area (Å²) in [5, 5.41) is 11.1. The molecule has 1 aromatic heterocycles. The lowest BCUT2D eigenvalue weighted by atomic mass is 10.3. The molecule has 0 aliphatic heterocycles. The first-order valence-electron chi connectivity index (χ1n) is 6.02. The predicted molar refractivity (Wildman–Crippen MR) is 80.0 cm³/mol. The van der Waals surface area contributed by atoms with Crippen molar-refractivity contribution in [3.05, 3.63) is 47.1 Å². The van der Waals surface area contributed by atoms with Crippen LogP contribution in [-0.4, -0.2) is 38.0 Å². The van der Waals surface area contributed by atoms with Gasteiger partial charge in [-0.1, -0.05) is 0 Å². The Kier molecular flexibility index (Phi) is 4.83. The molecule has 0 radical (unpaired) electrons. The Balaban J connectivity index is 1.94. The van der Waals surface area contributed by atoms with Crippen molar-refractivity contribution in [1.29, 1.82) is 0 Å². The van der Waals surface area contributed by atoms with Crippen molar-refractivity contribution in [1.82, 2.24) is 9.55 Å². The molecule has 0 saturated carbocycles. The number of carboxylic acid groups (broad SMARTS) is 1. The van der Waals surface area contributed by atoms with E-state index in [9.17, 15) is 14.4 Å². The Hall–Kier alpha value is -2.48. The highest BCUT2D eigenvalue weighted by Crippen LogP contribution is 2.12. The van der Waals surface area contributed by atoms with Crippen molar-refractivity contribution in [3.63, 3.8) is 0 Å². The van der Waals surface area contributed by atoms with Crippen LogP contribution in [0.25, 0.3) is 5.69 Å². The lowest BCUT2D eigenvalue weighted by Crippen LogP contribution is -2.16. The summed E-state index contributed by atoms with van der Waals surface area (Å²) < 4.78 is 1.44. The predicted octanol–water partition coefficient (Wildman–Crippen LogP) is 0.922. The fourth-order valence-electron chi connectivity index (χ4n) is 1.66. The van der Waals surface area contributed by atoms with Crippen molar-refractivity contribution in [2.24, 2.45) is 0 Å². The number of carbonyl (C=O) groups excluding carboxylic acids is 1. The number of nitrogens with one attached hydrogen (secondary N) is 2. The number of benzene rings is 1. The Morgan fingerprint density at radius 3 is 2.52 bits per heavy atom. The lowest BCUT2D eigenvalue weighted by Gasteiger charge is -2.06. The van der Waals surface area contributed by atoms with E-state index in [1.807, 2.05) is 0 Å². The van der Waals surface area contributed by atoms with Crippen molar-refractivity contribution in [2.75, 3.05) is 16.8 Å². The number of hydrogen-bond acceptors (Lipinski definition) is 4. The normalized spacial score (nSPS) is 10.3. The molecule has 0 unspecified atom stereocenters. The van der Waals surface area contributed by atoms with E-state index >= 15 is 0 Å². The zero-order valence-corrected chi connectivity index (χ0v) is 11.7. The maximum atomic E-state index is 11.6. The van der Waals surface area contributed by atoms with Crippen molar-refractivity contribution in [2.45, 2.75) is 0 Å². The second-order valence-electron chi connectivity index (χ2n) is 4.12. The van der Waals surface area contributed by atoms with E-state index < -0.39 is 5.97 Å². The van der Waals surface area contributed by atoms with E-state index in [4.69, 9.17) is 5.11 Å². The molecule has 7 nitrogen and oxygen atoms in total. The number of anilines is 1. The second-order valence-corrected chi connectivity index (χ2v) is 5.10. The summed E-state index contributed by atoms with van der Waals surface area (Å²) in [6.45, 7) is 0. The minimum absolute atomic E-state index is 0.0747. The number of aliphatic carboxylic acids is 1. The number of nitrogens with zero attached hydrogens (tertiary/aromatic N) is 1. The monoisotopic (exact) mass is 307 g/mol. The first-order valence-corrected chi connectivity index (χ1v) is 7.17. The molecule has 0 saturated heterocycles. The van der Waals surface area contributed by atoms with Gasteiger partial charge in [0.1, 0.15) is 0 Å². The quantitative estimate of drug-likeness (QED) is 0.736. The fourth-order valence-corrected chi connectivity index (χ4v) is 2.19. The van der Waals surface area contributed by atoms with Gasteiger partial charge in [0.25, 0.3) is 0 Å². The maximum absolute atomic E-state index is 11.6. The van der Waals surface area contributed by atoms with Crippen molar-refractivity contribution in [3.8, 4) is 5.69 Å². The third-order valence-corrected chi connectivity index (χ3v) is 3.45. The Labute approximate surface area is 124 Å². The first-order chi connectivity index (χ1) is 10.1. The molecule has 2 rings (SSSR count). The van der Waals surface area contributed by atoms with E-state index in [0.29, 0.717) is 11.4 Å². The summed E-state index contributed by atoms with van der Waals surface area (Å²) in [6.07, 6.45) is 3.15. The summed E-state index contributed by atoms with van der Waals surface area (Å²) >= 11 is 1.03. The molecule has 21 heavy (non-hydrogen) atoms. The van der Waals surface area contributed by atoms with Gasteiger partial charge in [-0.2, -0.15) is 0 Å². The van der Waals surface area contributed by atoms with Gasteiger partial charge in [-0.05, 0) is 24.3 Å². The highest BCUT2D eigenvalue weighted by molar-refractivity contribution is 8.00. The molecule has 8 heteroatoms. The number of hydrogen-bond donors (Lipinski definition) is 3. The molecule has 0 fully saturated rings. The van der Waals surface area contributed by atoms with Crippen LogP contribution in [0.3, 0.4) is 0 Å². The highest BCUT2D eigenvalue weighted by atomic mass is 32.2. The molecule has 0 aliphatic rings. The molecule has 2 aromatic rings. The Bertz CT molecular complexity index is 690. The van der Waals surface area contributed by atoms with Crippen LogP contribution in [0, 0.1) is 0 Å². The van der Waals surface area contributed by atoms with Gasteiger partial charge in [-0.25, -0.2) is 4.79 Å². The number of carboxylic acids is 1. The van der Waals surface area contributed by atoms with E-state index in [1.165, 1.54) is 10.8 Å². The number of amides is 1. The molecule has 1 heterocycles. The van der Waals surface area contributed by atoms with Gasteiger partial charge in [-0.3, -0.25) is 14.2 Å². The third kappa shape index (κ3) is 4.25. The van der Waals surface area contributed by atoms with Crippen LogP contribution in [0.2, 0.25) is 0 Å². The van der Waals surface area contributed by atoms with Crippen LogP contribution in [0.4, 0.5) is 5.69 Å².